The molecule has 6 heteroatoms. The van der Waals surface area contributed by atoms with Gasteiger partial charge in [-0.05, 0) is 11.4 Å². The Morgan fingerprint density at radius 2 is 2.36 bits per heavy atom. The van der Waals surface area contributed by atoms with E-state index in [0.717, 1.165) is 0 Å². The molecule has 0 unspecified atom stereocenters. The van der Waals surface area contributed by atoms with Gasteiger partial charge in [-0.2, -0.15) is 0 Å². The molecule has 1 amide bonds. The molecule has 0 bridgehead atoms. The van der Waals surface area contributed by atoms with E-state index in [2.05, 4.69) is 10.1 Å². The molecule has 5 nitrogen and oxygen atoms in total. The first-order chi connectivity index (χ1) is 6.69. The summed E-state index contributed by atoms with van der Waals surface area (Å²) in [6.45, 7) is -0.113. The third kappa shape index (κ3) is 2.30. The number of methoxy groups -OCH3 is 1. The maximum Gasteiger partial charge on any atom is 0.340 e. The van der Waals surface area contributed by atoms with Crippen LogP contribution in [-0.4, -0.2) is 25.5 Å². The van der Waals surface area contributed by atoms with Crippen LogP contribution in [0.3, 0.4) is 0 Å². The van der Waals surface area contributed by atoms with Crippen LogP contribution in [0.5, 0.6) is 0 Å². The van der Waals surface area contributed by atoms with Crippen molar-refractivity contribution in [3.05, 3.63) is 17.0 Å². The number of anilines is 1. The van der Waals surface area contributed by atoms with Gasteiger partial charge in [0.2, 0.25) is 5.91 Å². The number of nitrogens with two attached hydrogens (primary N) is 1. The molecule has 1 aromatic rings. The fourth-order valence-electron chi connectivity index (χ4n) is 0.854. The van der Waals surface area contributed by atoms with Crippen molar-refractivity contribution in [2.75, 3.05) is 19.0 Å². The van der Waals surface area contributed by atoms with Crippen LogP contribution in [0, 0.1) is 0 Å². The van der Waals surface area contributed by atoms with Crippen LogP contribution in [0.1, 0.15) is 10.4 Å². The maximum absolute atomic E-state index is 11.2. The lowest BCUT2D eigenvalue weighted by molar-refractivity contribution is -0.114. The first kappa shape index (κ1) is 10.7. The van der Waals surface area contributed by atoms with E-state index < -0.39 is 5.97 Å². The summed E-state index contributed by atoms with van der Waals surface area (Å²) in [6, 6.07) is 1.59. The molecule has 0 aliphatic rings. The Morgan fingerprint density at radius 3 is 2.93 bits per heavy atom. The molecule has 1 heterocycles. The van der Waals surface area contributed by atoms with E-state index in [-0.39, 0.29) is 12.5 Å². The van der Waals surface area contributed by atoms with Crippen molar-refractivity contribution in [3.8, 4) is 0 Å². The van der Waals surface area contributed by atoms with E-state index in [0.29, 0.717) is 10.6 Å². The summed E-state index contributed by atoms with van der Waals surface area (Å²) in [5, 5.41) is 4.67. The Kier molecular flexibility index (Phi) is 3.61. The summed E-state index contributed by atoms with van der Waals surface area (Å²) in [7, 11) is 1.29. The Balaban J connectivity index is 2.82. The number of esters is 1. The molecule has 14 heavy (non-hydrogen) atoms. The van der Waals surface area contributed by atoms with Crippen molar-refractivity contribution in [1.29, 1.82) is 0 Å². The van der Waals surface area contributed by atoms with Crippen LogP contribution < -0.4 is 11.1 Å². The molecule has 0 spiro atoms. The second-order valence-electron chi connectivity index (χ2n) is 2.41. The van der Waals surface area contributed by atoms with Crippen molar-refractivity contribution >= 4 is 28.2 Å². The number of amides is 1. The van der Waals surface area contributed by atoms with Crippen LogP contribution in [0.4, 0.5) is 5.00 Å². The average Bonchev–Trinajstić information content (AvgIpc) is 2.64. The number of nitrogens with one attached hydrogen (secondary N) is 1. The van der Waals surface area contributed by atoms with Crippen molar-refractivity contribution in [2.24, 2.45) is 5.73 Å². The van der Waals surface area contributed by atoms with Crippen molar-refractivity contribution in [3.63, 3.8) is 0 Å². The minimum Gasteiger partial charge on any atom is -0.465 e. The second-order valence-corrected chi connectivity index (χ2v) is 3.32. The molecule has 0 saturated heterocycles. The van der Waals surface area contributed by atoms with Gasteiger partial charge in [-0.15, -0.1) is 11.3 Å². The van der Waals surface area contributed by atoms with Crippen LogP contribution in [-0.2, 0) is 9.53 Å². The Morgan fingerprint density at radius 1 is 1.64 bits per heavy atom. The molecule has 0 aliphatic carbocycles. The fraction of sp³-hybridized carbons (Fsp3) is 0.250. The number of carbonyl (C=O) groups is 2. The van der Waals surface area contributed by atoms with Gasteiger partial charge >= 0.3 is 5.97 Å². The molecule has 0 atom stereocenters. The monoisotopic (exact) mass is 214 g/mol. The fourth-order valence-corrected chi connectivity index (χ4v) is 1.65. The number of carbonyl (C=O) groups excluding carboxylic acids is 2. The quantitative estimate of drug-likeness (QED) is 0.715. The lowest BCUT2D eigenvalue weighted by Crippen LogP contribution is -2.22. The average molecular weight is 214 g/mol. The highest BCUT2D eigenvalue weighted by atomic mass is 32.1. The van der Waals surface area contributed by atoms with Crippen molar-refractivity contribution in [1.82, 2.24) is 0 Å². The van der Waals surface area contributed by atoms with E-state index in [1.165, 1.54) is 18.4 Å². The number of rotatable bonds is 3. The highest BCUT2D eigenvalue weighted by molar-refractivity contribution is 7.14. The van der Waals surface area contributed by atoms with Gasteiger partial charge in [0.25, 0.3) is 0 Å². The summed E-state index contributed by atoms with van der Waals surface area (Å²) in [4.78, 5) is 22.1. The van der Waals surface area contributed by atoms with Gasteiger partial charge in [-0.1, -0.05) is 0 Å². The van der Waals surface area contributed by atoms with E-state index in [9.17, 15) is 9.59 Å². The minimum absolute atomic E-state index is 0.113. The molecule has 0 saturated carbocycles. The van der Waals surface area contributed by atoms with Gasteiger partial charge in [-0.25, -0.2) is 4.79 Å². The standard InChI is InChI=1S/C8H10N2O3S/c1-13-8(12)5-2-3-14-7(5)10-6(11)4-9/h2-3H,4,9H2,1H3,(H,10,11). The SMILES string of the molecule is COC(=O)c1ccsc1NC(=O)CN. The molecule has 0 radical (unpaired) electrons. The van der Waals surface area contributed by atoms with E-state index in [4.69, 9.17) is 5.73 Å². The summed E-state index contributed by atoms with van der Waals surface area (Å²) < 4.78 is 4.54. The Labute approximate surface area is 84.9 Å². The van der Waals surface area contributed by atoms with Gasteiger partial charge in [0.15, 0.2) is 0 Å². The van der Waals surface area contributed by atoms with Gasteiger partial charge in [-0.3, -0.25) is 4.79 Å². The smallest absolute Gasteiger partial charge is 0.340 e. The number of ether oxygens (including phenoxy) is 1. The van der Waals surface area contributed by atoms with Gasteiger partial charge in [0.1, 0.15) is 5.00 Å². The highest BCUT2D eigenvalue weighted by Gasteiger charge is 2.14. The molecule has 0 aromatic carbocycles. The summed E-state index contributed by atoms with van der Waals surface area (Å²) in [6.07, 6.45) is 0. The second kappa shape index (κ2) is 4.73. The van der Waals surface area contributed by atoms with Gasteiger partial charge < -0.3 is 15.8 Å². The summed E-state index contributed by atoms with van der Waals surface area (Å²) in [5.41, 5.74) is 5.47. The lowest BCUT2D eigenvalue weighted by Gasteiger charge is -2.02. The van der Waals surface area contributed by atoms with Crippen LogP contribution in [0.25, 0.3) is 0 Å². The zero-order valence-electron chi connectivity index (χ0n) is 7.57. The molecule has 3 N–H and O–H groups in total. The summed E-state index contributed by atoms with van der Waals surface area (Å²) in [5.74, 6) is -0.809. The predicted molar refractivity (Wildman–Crippen MR) is 53.3 cm³/mol. The number of hydrogen-bond acceptors (Lipinski definition) is 5. The largest absolute Gasteiger partial charge is 0.465 e. The predicted octanol–water partition coefficient (Wildman–Crippen LogP) is 0.432. The zero-order valence-corrected chi connectivity index (χ0v) is 8.39. The topological polar surface area (TPSA) is 81.4 Å². The molecular formula is C8H10N2O3S. The Hall–Kier alpha value is -1.40. The highest BCUT2D eigenvalue weighted by Crippen LogP contribution is 2.23. The third-order valence-corrected chi connectivity index (χ3v) is 2.34. The van der Waals surface area contributed by atoms with E-state index in [1.54, 1.807) is 11.4 Å². The third-order valence-electron chi connectivity index (χ3n) is 1.51. The van der Waals surface area contributed by atoms with Crippen molar-refractivity contribution in [2.45, 2.75) is 0 Å². The number of thiophene rings is 1. The van der Waals surface area contributed by atoms with Gasteiger partial charge in [0, 0.05) is 0 Å². The van der Waals surface area contributed by atoms with Crippen LogP contribution in [0.2, 0.25) is 0 Å². The molecule has 0 fully saturated rings. The van der Waals surface area contributed by atoms with E-state index >= 15 is 0 Å². The molecule has 1 rings (SSSR count). The first-order valence-corrected chi connectivity index (χ1v) is 4.72. The minimum atomic E-state index is -0.474. The lowest BCUT2D eigenvalue weighted by atomic mass is 10.3. The normalized spacial score (nSPS) is 9.57. The van der Waals surface area contributed by atoms with Crippen LogP contribution in [0.15, 0.2) is 11.4 Å². The van der Waals surface area contributed by atoms with Gasteiger partial charge in [0.05, 0.1) is 19.2 Å². The molecular weight excluding hydrogens is 204 g/mol. The first-order valence-electron chi connectivity index (χ1n) is 3.84. The maximum atomic E-state index is 11.2. The Bertz CT molecular complexity index is 348. The van der Waals surface area contributed by atoms with E-state index in [1.807, 2.05) is 0 Å². The number of hydrogen-bond donors (Lipinski definition) is 2. The van der Waals surface area contributed by atoms with Crippen molar-refractivity contribution < 1.29 is 14.3 Å². The zero-order chi connectivity index (χ0) is 10.6. The molecule has 1 aromatic heterocycles. The molecule has 76 valence electrons. The van der Waals surface area contributed by atoms with Crippen LogP contribution >= 0.6 is 11.3 Å². The molecule has 0 aliphatic heterocycles. The summed E-state index contributed by atoms with van der Waals surface area (Å²) >= 11 is 1.25.